The molecule has 120 valence electrons. The zero-order valence-electron chi connectivity index (χ0n) is 13.2. The highest BCUT2D eigenvalue weighted by Crippen LogP contribution is 2.28. The van der Waals surface area contributed by atoms with Gasteiger partial charge in [0.2, 0.25) is 0 Å². The second-order valence-corrected chi connectivity index (χ2v) is 5.69. The third-order valence-corrected chi connectivity index (χ3v) is 4.22. The minimum absolute atomic E-state index is 0.0288. The Hall–Kier alpha value is -2.04. The number of benzene rings is 1. The van der Waals surface area contributed by atoms with Crippen LogP contribution in [-0.2, 0) is 20.9 Å². The van der Waals surface area contributed by atoms with Crippen LogP contribution in [0, 0.1) is 5.92 Å². The van der Waals surface area contributed by atoms with E-state index in [2.05, 4.69) is 0 Å². The molecule has 0 radical (unpaired) electrons. The van der Waals surface area contributed by atoms with Gasteiger partial charge in [-0.3, -0.25) is 4.79 Å². The van der Waals surface area contributed by atoms with Gasteiger partial charge in [-0.05, 0) is 24.8 Å². The Bertz CT molecular complexity index is 503. The maximum absolute atomic E-state index is 12.1. The molecule has 2 atom stereocenters. The lowest BCUT2D eigenvalue weighted by molar-refractivity contribution is -0.147. The summed E-state index contributed by atoms with van der Waals surface area (Å²) in [5.41, 5.74) is 0.959. The predicted molar refractivity (Wildman–Crippen MR) is 82.2 cm³/mol. The maximum atomic E-state index is 12.1. The van der Waals surface area contributed by atoms with Gasteiger partial charge >= 0.3 is 12.1 Å². The first-order chi connectivity index (χ1) is 10.6. The summed E-state index contributed by atoms with van der Waals surface area (Å²) in [5.74, 6) is -0.302. The lowest BCUT2D eigenvalue weighted by Gasteiger charge is -2.33. The quantitative estimate of drug-likeness (QED) is 0.802. The fraction of sp³-hybridized carbons (Fsp3) is 0.529. The van der Waals surface area contributed by atoms with Crippen LogP contribution in [0.5, 0.6) is 0 Å². The van der Waals surface area contributed by atoms with E-state index in [9.17, 15) is 9.59 Å². The van der Waals surface area contributed by atoms with Crippen molar-refractivity contribution >= 4 is 12.1 Å². The molecule has 0 aromatic heterocycles. The molecular formula is C17H23NO4. The van der Waals surface area contributed by atoms with Gasteiger partial charge in [0.05, 0.1) is 13.0 Å². The van der Waals surface area contributed by atoms with Gasteiger partial charge in [-0.15, -0.1) is 0 Å². The van der Waals surface area contributed by atoms with Crippen LogP contribution in [0.15, 0.2) is 30.3 Å². The molecule has 5 nitrogen and oxygen atoms in total. The van der Waals surface area contributed by atoms with Crippen molar-refractivity contribution in [1.82, 2.24) is 4.90 Å². The van der Waals surface area contributed by atoms with E-state index >= 15 is 0 Å². The van der Waals surface area contributed by atoms with Gasteiger partial charge in [-0.25, -0.2) is 4.79 Å². The first-order valence-corrected chi connectivity index (χ1v) is 7.63. The molecule has 5 heteroatoms. The topological polar surface area (TPSA) is 55.8 Å². The molecule has 1 saturated carbocycles. The molecule has 1 aliphatic carbocycles. The van der Waals surface area contributed by atoms with E-state index in [1.165, 1.54) is 7.11 Å². The Morgan fingerprint density at radius 2 is 1.95 bits per heavy atom. The van der Waals surface area contributed by atoms with E-state index in [1.807, 2.05) is 30.3 Å². The molecule has 0 saturated heterocycles. The van der Waals surface area contributed by atoms with Crippen molar-refractivity contribution in [2.75, 3.05) is 14.2 Å². The molecule has 1 aliphatic rings. The Balaban J connectivity index is 1.85. The minimum atomic E-state index is -0.348. The van der Waals surface area contributed by atoms with Crippen molar-refractivity contribution in [3.8, 4) is 0 Å². The summed E-state index contributed by atoms with van der Waals surface area (Å²) in [6.07, 6.45) is 2.93. The summed E-state index contributed by atoms with van der Waals surface area (Å²) in [5, 5.41) is 0. The van der Waals surface area contributed by atoms with E-state index in [0.29, 0.717) is 6.42 Å². The molecule has 0 spiro atoms. The molecule has 0 bridgehead atoms. The van der Waals surface area contributed by atoms with Gasteiger partial charge in [0.25, 0.3) is 0 Å². The molecule has 22 heavy (non-hydrogen) atoms. The third-order valence-electron chi connectivity index (χ3n) is 4.22. The molecule has 1 aromatic carbocycles. The lowest BCUT2D eigenvalue weighted by atomic mass is 9.85. The number of methoxy groups -OCH3 is 1. The van der Waals surface area contributed by atoms with E-state index in [0.717, 1.165) is 24.8 Å². The van der Waals surface area contributed by atoms with Crippen LogP contribution in [0.1, 0.15) is 31.2 Å². The van der Waals surface area contributed by atoms with Crippen LogP contribution in [0.4, 0.5) is 4.79 Å². The van der Waals surface area contributed by atoms with Crippen LogP contribution in [0.25, 0.3) is 0 Å². The Kier molecular flexibility index (Phi) is 5.81. The number of nitrogens with zero attached hydrogens (tertiary/aromatic N) is 1. The summed E-state index contributed by atoms with van der Waals surface area (Å²) in [6.45, 7) is 0.261. The lowest BCUT2D eigenvalue weighted by Crippen LogP contribution is -2.41. The average Bonchev–Trinajstić information content (AvgIpc) is 2.59. The number of rotatable bonds is 4. The van der Waals surface area contributed by atoms with E-state index < -0.39 is 0 Å². The van der Waals surface area contributed by atoms with Gasteiger partial charge < -0.3 is 14.4 Å². The molecule has 1 amide bonds. The van der Waals surface area contributed by atoms with Gasteiger partial charge in [0.15, 0.2) is 0 Å². The first kappa shape index (κ1) is 16.3. The third kappa shape index (κ3) is 4.23. The maximum Gasteiger partial charge on any atom is 0.410 e. The molecule has 0 unspecified atom stereocenters. The highest BCUT2D eigenvalue weighted by Gasteiger charge is 2.32. The fourth-order valence-corrected chi connectivity index (χ4v) is 2.87. The van der Waals surface area contributed by atoms with Crippen molar-refractivity contribution in [3.05, 3.63) is 35.9 Å². The highest BCUT2D eigenvalue weighted by molar-refractivity contribution is 5.73. The van der Waals surface area contributed by atoms with E-state index in [-0.39, 0.29) is 30.6 Å². The molecule has 0 heterocycles. The second kappa shape index (κ2) is 7.82. The molecule has 1 aromatic rings. The monoisotopic (exact) mass is 305 g/mol. The van der Waals surface area contributed by atoms with Gasteiger partial charge in [-0.1, -0.05) is 36.8 Å². The number of ether oxygens (including phenoxy) is 2. The Morgan fingerprint density at radius 3 is 2.64 bits per heavy atom. The molecule has 0 N–H and O–H groups in total. The average molecular weight is 305 g/mol. The zero-order valence-corrected chi connectivity index (χ0v) is 13.2. The second-order valence-electron chi connectivity index (χ2n) is 5.69. The predicted octanol–water partition coefficient (Wildman–Crippen LogP) is 2.99. The minimum Gasteiger partial charge on any atom is -0.469 e. The van der Waals surface area contributed by atoms with Crippen molar-refractivity contribution in [1.29, 1.82) is 0 Å². The molecule has 1 fully saturated rings. The first-order valence-electron chi connectivity index (χ1n) is 7.63. The van der Waals surface area contributed by atoms with Crippen LogP contribution in [0.3, 0.4) is 0 Å². The number of esters is 1. The Labute approximate surface area is 131 Å². The molecule has 2 rings (SSSR count). The molecule has 0 aliphatic heterocycles. The van der Waals surface area contributed by atoms with Crippen LogP contribution in [-0.4, -0.2) is 37.2 Å². The van der Waals surface area contributed by atoms with E-state index in [4.69, 9.17) is 9.47 Å². The zero-order chi connectivity index (χ0) is 15.9. The van der Waals surface area contributed by atoms with Gasteiger partial charge in [0.1, 0.15) is 6.61 Å². The standard InChI is InChI=1S/C17H23NO4/c1-18(15-10-6-9-14(11-15)16(19)21-2)17(20)22-12-13-7-4-3-5-8-13/h3-5,7-8,14-15H,6,9-12H2,1-2H3/t14-,15+/m1/s1. The van der Waals surface area contributed by atoms with Crippen molar-refractivity contribution in [2.24, 2.45) is 5.92 Å². The van der Waals surface area contributed by atoms with Crippen LogP contribution >= 0.6 is 0 Å². The number of hydrogen-bond acceptors (Lipinski definition) is 4. The fourth-order valence-electron chi connectivity index (χ4n) is 2.87. The summed E-state index contributed by atoms with van der Waals surface area (Å²) in [4.78, 5) is 25.4. The Morgan fingerprint density at radius 1 is 1.23 bits per heavy atom. The van der Waals surface area contributed by atoms with Gasteiger partial charge in [-0.2, -0.15) is 0 Å². The number of amides is 1. The largest absolute Gasteiger partial charge is 0.469 e. The normalized spacial score (nSPS) is 21.0. The van der Waals surface area contributed by atoms with Crippen LogP contribution < -0.4 is 0 Å². The smallest absolute Gasteiger partial charge is 0.410 e. The van der Waals surface area contributed by atoms with E-state index in [1.54, 1.807) is 11.9 Å². The van der Waals surface area contributed by atoms with Crippen molar-refractivity contribution < 1.29 is 19.1 Å². The SMILES string of the molecule is COC(=O)[C@@H]1CCC[C@H](N(C)C(=O)OCc2ccccc2)C1. The summed E-state index contributed by atoms with van der Waals surface area (Å²) in [6, 6.07) is 9.61. The summed E-state index contributed by atoms with van der Waals surface area (Å²) in [7, 11) is 3.14. The van der Waals surface area contributed by atoms with Crippen LogP contribution in [0.2, 0.25) is 0 Å². The highest BCUT2D eigenvalue weighted by atomic mass is 16.6. The number of carbonyl (C=O) groups excluding carboxylic acids is 2. The number of carbonyl (C=O) groups is 2. The van der Waals surface area contributed by atoms with Gasteiger partial charge in [0, 0.05) is 13.1 Å². The van der Waals surface area contributed by atoms with Crippen molar-refractivity contribution in [3.63, 3.8) is 0 Å². The summed E-state index contributed by atoms with van der Waals surface area (Å²) >= 11 is 0. The van der Waals surface area contributed by atoms with Crippen molar-refractivity contribution in [2.45, 2.75) is 38.3 Å². The number of hydrogen-bond donors (Lipinski definition) is 0. The molecular weight excluding hydrogens is 282 g/mol. The summed E-state index contributed by atoms with van der Waals surface area (Å²) < 4.78 is 10.1.